The minimum absolute atomic E-state index is 0.00692. The number of nitrogens with zero attached hydrogens (tertiary/aromatic N) is 4. The predicted octanol–water partition coefficient (Wildman–Crippen LogP) is 2.44. The van der Waals surface area contributed by atoms with Gasteiger partial charge in [-0.05, 0) is 46.2 Å². The number of aromatic nitrogens is 2. The Morgan fingerprint density at radius 2 is 2.04 bits per heavy atom. The molecule has 7 nitrogen and oxygen atoms in total. The molecule has 4 heterocycles. The molecule has 0 aliphatic carbocycles. The van der Waals surface area contributed by atoms with Crippen molar-refractivity contribution in [2.75, 3.05) is 44.7 Å². The van der Waals surface area contributed by atoms with Gasteiger partial charge in [0.15, 0.2) is 0 Å². The lowest BCUT2D eigenvalue weighted by Crippen LogP contribution is -2.45. The van der Waals surface area contributed by atoms with Gasteiger partial charge in [0.1, 0.15) is 17.0 Å². The highest BCUT2D eigenvalue weighted by Crippen LogP contribution is 2.35. The normalized spacial score (nSPS) is 23.1. The summed E-state index contributed by atoms with van der Waals surface area (Å²) in [7, 11) is 2.14. The molecule has 1 amide bonds. The first-order chi connectivity index (χ1) is 13.3. The van der Waals surface area contributed by atoms with Crippen LogP contribution >= 0.6 is 11.3 Å². The molecule has 0 aromatic carbocycles. The van der Waals surface area contributed by atoms with Crippen LogP contribution in [0.1, 0.15) is 41.9 Å². The number of amides is 1. The first-order valence-electron chi connectivity index (χ1n) is 9.96. The van der Waals surface area contributed by atoms with Gasteiger partial charge in [0.25, 0.3) is 5.91 Å². The molecule has 0 radical (unpaired) electrons. The number of rotatable bonds is 3. The van der Waals surface area contributed by atoms with Crippen LogP contribution in [0, 0.1) is 6.92 Å². The number of thiophene rings is 1. The molecule has 1 atom stereocenters. The van der Waals surface area contributed by atoms with Crippen molar-refractivity contribution in [3.05, 3.63) is 16.8 Å². The van der Waals surface area contributed by atoms with Crippen molar-refractivity contribution >= 4 is 33.3 Å². The van der Waals surface area contributed by atoms with E-state index in [0.29, 0.717) is 6.61 Å². The SMILES string of the molecule is Cc1c(C(=O)N[C@H]2CCOC(C)(C)C2)sc2ncnc(N3CCN(C)CC3)c12. The Morgan fingerprint density at radius 3 is 2.75 bits per heavy atom. The molecule has 152 valence electrons. The minimum Gasteiger partial charge on any atom is -0.375 e. The van der Waals surface area contributed by atoms with E-state index in [1.165, 1.54) is 11.3 Å². The van der Waals surface area contributed by atoms with Crippen molar-refractivity contribution in [2.45, 2.75) is 45.3 Å². The summed E-state index contributed by atoms with van der Waals surface area (Å²) in [5.74, 6) is 0.950. The molecule has 2 aliphatic heterocycles. The number of ether oxygens (including phenoxy) is 1. The molecule has 1 N–H and O–H groups in total. The average molecular weight is 404 g/mol. The number of piperazine rings is 1. The average Bonchev–Trinajstić information content (AvgIpc) is 2.99. The maximum Gasteiger partial charge on any atom is 0.261 e. The molecular weight excluding hydrogens is 374 g/mol. The van der Waals surface area contributed by atoms with Crippen LogP contribution in [0.5, 0.6) is 0 Å². The van der Waals surface area contributed by atoms with Gasteiger partial charge in [-0.1, -0.05) is 0 Å². The van der Waals surface area contributed by atoms with E-state index in [-0.39, 0.29) is 17.6 Å². The summed E-state index contributed by atoms with van der Waals surface area (Å²) in [5.41, 5.74) is 0.796. The van der Waals surface area contributed by atoms with Crippen molar-refractivity contribution in [3.63, 3.8) is 0 Å². The van der Waals surface area contributed by atoms with E-state index < -0.39 is 0 Å². The predicted molar refractivity (Wildman–Crippen MR) is 112 cm³/mol. The van der Waals surface area contributed by atoms with E-state index in [1.54, 1.807) is 6.33 Å². The minimum atomic E-state index is -0.189. The van der Waals surface area contributed by atoms with Gasteiger partial charge in [-0.25, -0.2) is 9.97 Å². The van der Waals surface area contributed by atoms with Gasteiger partial charge in [0.2, 0.25) is 0 Å². The highest BCUT2D eigenvalue weighted by Gasteiger charge is 2.31. The van der Waals surface area contributed by atoms with Crippen LogP contribution in [0.4, 0.5) is 5.82 Å². The summed E-state index contributed by atoms with van der Waals surface area (Å²) in [5, 5.41) is 4.24. The van der Waals surface area contributed by atoms with Crippen LogP contribution in [-0.4, -0.2) is 72.3 Å². The number of nitrogens with one attached hydrogen (secondary N) is 1. The van der Waals surface area contributed by atoms with E-state index in [4.69, 9.17) is 4.74 Å². The van der Waals surface area contributed by atoms with Crippen molar-refractivity contribution in [1.82, 2.24) is 20.2 Å². The fraction of sp³-hybridized carbons (Fsp3) is 0.650. The quantitative estimate of drug-likeness (QED) is 0.849. The smallest absolute Gasteiger partial charge is 0.261 e. The Morgan fingerprint density at radius 1 is 1.29 bits per heavy atom. The number of carbonyl (C=O) groups is 1. The third-order valence-electron chi connectivity index (χ3n) is 5.75. The van der Waals surface area contributed by atoms with Crippen LogP contribution in [0.2, 0.25) is 0 Å². The summed E-state index contributed by atoms with van der Waals surface area (Å²) in [6.07, 6.45) is 3.30. The molecule has 0 bridgehead atoms. The molecule has 2 saturated heterocycles. The third kappa shape index (κ3) is 3.86. The lowest BCUT2D eigenvalue weighted by Gasteiger charge is -2.35. The van der Waals surface area contributed by atoms with Gasteiger partial charge in [0.05, 0.1) is 15.9 Å². The second-order valence-corrected chi connectivity index (χ2v) is 9.49. The highest BCUT2D eigenvalue weighted by molar-refractivity contribution is 7.20. The first-order valence-corrected chi connectivity index (χ1v) is 10.8. The molecule has 2 fully saturated rings. The zero-order valence-corrected chi connectivity index (χ0v) is 17.9. The monoisotopic (exact) mass is 403 g/mol. The Bertz CT molecular complexity index is 873. The Labute approximate surface area is 170 Å². The number of hydrogen-bond acceptors (Lipinski definition) is 7. The molecule has 8 heteroatoms. The molecule has 4 rings (SSSR count). The van der Waals surface area contributed by atoms with E-state index in [9.17, 15) is 4.79 Å². The van der Waals surface area contributed by atoms with Crippen molar-refractivity contribution in [2.24, 2.45) is 0 Å². The maximum absolute atomic E-state index is 13.0. The lowest BCUT2D eigenvalue weighted by atomic mass is 9.94. The first kappa shape index (κ1) is 19.5. The number of fused-ring (bicyclic) bond motifs is 1. The summed E-state index contributed by atoms with van der Waals surface area (Å²) < 4.78 is 5.77. The second-order valence-electron chi connectivity index (χ2n) is 8.50. The van der Waals surface area contributed by atoms with Crippen LogP contribution in [-0.2, 0) is 4.74 Å². The number of likely N-dealkylation sites (N-methyl/N-ethyl adjacent to an activating group) is 1. The molecule has 0 spiro atoms. The number of carbonyl (C=O) groups excluding carboxylic acids is 1. The fourth-order valence-corrected chi connectivity index (χ4v) is 5.18. The summed E-state index contributed by atoms with van der Waals surface area (Å²) in [6.45, 7) is 10.8. The Kier molecular flexibility index (Phi) is 5.28. The standard InChI is InChI=1S/C20H29N5O2S/c1-13-15-17(25-8-6-24(4)7-9-25)21-12-22-19(15)28-16(13)18(26)23-14-5-10-27-20(2,3)11-14/h12,14H,5-11H2,1-4H3,(H,23,26)/t14-/m0/s1. The molecule has 2 aromatic heterocycles. The van der Waals surface area contributed by atoms with Crippen LogP contribution in [0.3, 0.4) is 0 Å². The van der Waals surface area contributed by atoms with Gasteiger partial charge >= 0.3 is 0 Å². The van der Waals surface area contributed by atoms with Gasteiger partial charge in [-0.2, -0.15) is 0 Å². The summed E-state index contributed by atoms with van der Waals surface area (Å²) in [6, 6.07) is 0.143. The fourth-order valence-electron chi connectivity index (χ4n) is 4.13. The van der Waals surface area contributed by atoms with Crippen molar-refractivity contribution in [3.8, 4) is 0 Å². The van der Waals surface area contributed by atoms with Crippen molar-refractivity contribution in [1.29, 1.82) is 0 Å². The third-order valence-corrected chi connectivity index (χ3v) is 6.95. The van der Waals surface area contributed by atoms with Crippen LogP contribution < -0.4 is 10.2 Å². The van der Waals surface area contributed by atoms with Gasteiger partial charge in [-0.3, -0.25) is 4.79 Å². The lowest BCUT2D eigenvalue weighted by molar-refractivity contribution is -0.0615. The van der Waals surface area contributed by atoms with E-state index in [2.05, 4.69) is 46.0 Å². The van der Waals surface area contributed by atoms with Gasteiger partial charge in [0, 0.05) is 38.8 Å². The molecule has 0 saturated carbocycles. The molecular formula is C20H29N5O2S. The Hall–Kier alpha value is -1.77. The van der Waals surface area contributed by atoms with E-state index in [1.807, 2.05) is 6.92 Å². The van der Waals surface area contributed by atoms with Crippen LogP contribution in [0.15, 0.2) is 6.33 Å². The topological polar surface area (TPSA) is 70.6 Å². The Balaban J connectivity index is 1.59. The van der Waals surface area contributed by atoms with Gasteiger partial charge < -0.3 is 19.9 Å². The maximum atomic E-state index is 13.0. The number of aryl methyl sites for hydroxylation is 1. The van der Waals surface area contributed by atoms with E-state index >= 15 is 0 Å². The molecule has 0 unspecified atom stereocenters. The molecule has 2 aliphatic rings. The largest absolute Gasteiger partial charge is 0.375 e. The second kappa shape index (κ2) is 7.57. The van der Waals surface area contributed by atoms with E-state index in [0.717, 1.165) is 65.5 Å². The van der Waals surface area contributed by atoms with Gasteiger partial charge in [-0.15, -0.1) is 11.3 Å². The summed E-state index contributed by atoms with van der Waals surface area (Å²) >= 11 is 1.47. The van der Waals surface area contributed by atoms with Crippen LogP contribution in [0.25, 0.3) is 10.2 Å². The number of anilines is 1. The highest BCUT2D eigenvalue weighted by atomic mass is 32.1. The zero-order chi connectivity index (χ0) is 19.9. The van der Waals surface area contributed by atoms with Crippen molar-refractivity contribution < 1.29 is 9.53 Å². The summed E-state index contributed by atoms with van der Waals surface area (Å²) in [4.78, 5) is 28.3. The number of hydrogen-bond donors (Lipinski definition) is 1. The molecule has 2 aromatic rings. The molecule has 28 heavy (non-hydrogen) atoms. The zero-order valence-electron chi connectivity index (χ0n) is 17.1.